The summed E-state index contributed by atoms with van der Waals surface area (Å²) in [5.74, 6) is 0. The Labute approximate surface area is 119 Å². The van der Waals surface area contributed by atoms with Crippen LogP contribution in [0.1, 0.15) is 45.4 Å². The molecule has 0 aliphatic carbocycles. The molecule has 1 aliphatic rings. The van der Waals surface area contributed by atoms with Gasteiger partial charge in [-0.1, -0.05) is 11.6 Å². The van der Waals surface area contributed by atoms with Gasteiger partial charge in [-0.2, -0.15) is 0 Å². The van der Waals surface area contributed by atoms with E-state index in [9.17, 15) is 0 Å². The van der Waals surface area contributed by atoms with Gasteiger partial charge in [0.25, 0.3) is 0 Å². The molecule has 0 saturated carbocycles. The molecule has 18 heavy (non-hydrogen) atoms. The zero-order chi connectivity index (χ0) is 13.4. The van der Waals surface area contributed by atoms with Crippen molar-refractivity contribution in [3.63, 3.8) is 0 Å². The lowest BCUT2D eigenvalue weighted by atomic mass is 9.79. The second kappa shape index (κ2) is 5.12. The second-order valence-electron chi connectivity index (χ2n) is 6.61. The van der Waals surface area contributed by atoms with Crippen LogP contribution in [0.15, 0.2) is 11.4 Å². The van der Waals surface area contributed by atoms with E-state index in [-0.39, 0.29) is 11.1 Å². The van der Waals surface area contributed by atoms with Crippen LogP contribution in [0.4, 0.5) is 0 Å². The van der Waals surface area contributed by atoms with E-state index in [0.717, 1.165) is 24.4 Å². The van der Waals surface area contributed by atoms with Gasteiger partial charge in [0.15, 0.2) is 0 Å². The van der Waals surface area contributed by atoms with Gasteiger partial charge in [-0.15, -0.1) is 11.3 Å². The van der Waals surface area contributed by atoms with Crippen LogP contribution in [0.3, 0.4) is 0 Å². The second-order valence-corrected chi connectivity index (χ2v) is 8.04. The molecule has 0 radical (unpaired) electrons. The van der Waals surface area contributed by atoms with Crippen LogP contribution < -0.4 is 10.6 Å². The van der Waals surface area contributed by atoms with E-state index in [1.165, 1.54) is 4.88 Å². The molecule has 1 saturated heterocycles. The van der Waals surface area contributed by atoms with Crippen LogP contribution >= 0.6 is 22.9 Å². The minimum Gasteiger partial charge on any atom is -0.309 e. The van der Waals surface area contributed by atoms with Gasteiger partial charge in [0.05, 0.1) is 5.02 Å². The number of piperidine rings is 1. The highest BCUT2D eigenvalue weighted by atomic mass is 35.5. The summed E-state index contributed by atoms with van der Waals surface area (Å²) in [6.07, 6.45) is 2.32. The molecule has 0 spiro atoms. The van der Waals surface area contributed by atoms with Crippen LogP contribution in [-0.2, 0) is 6.54 Å². The van der Waals surface area contributed by atoms with Gasteiger partial charge >= 0.3 is 0 Å². The van der Waals surface area contributed by atoms with Gasteiger partial charge in [0, 0.05) is 33.9 Å². The van der Waals surface area contributed by atoms with Crippen molar-refractivity contribution in [2.75, 3.05) is 0 Å². The molecule has 0 unspecified atom stereocenters. The summed E-state index contributed by atoms with van der Waals surface area (Å²) in [5, 5.41) is 10.2. The molecule has 0 aromatic carbocycles. The predicted molar refractivity (Wildman–Crippen MR) is 80.5 cm³/mol. The Morgan fingerprint density at radius 3 is 2.44 bits per heavy atom. The molecule has 4 heteroatoms. The highest BCUT2D eigenvalue weighted by molar-refractivity contribution is 7.10. The van der Waals surface area contributed by atoms with E-state index in [1.54, 1.807) is 11.3 Å². The van der Waals surface area contributed by atoms with E-state index in [0.29, 0.717) is 6.04 Å². The molecule has 2 rings (SSSR count). The standard InChI is InChI=1S/C14H23ClN2S/c1-13(2)6-11(7-14(3,4)17-13)16-8-12-5-10(15)9-18-12/h5,9,11,16-17H,6-8H2,1-4H3. The summed E-state index contributed by atoms with van der Waals surface area (Å²) in [5.41, 5.74) is 0.402. The van der Waals surface area contributed by atoms with Crippen molar-refractivity contribution in [1.82, 2.24) is 10.6 Å². The summed E-state index contributed by atoms with van der Waals surface area (Å²) in [6, 6.07) is 2.62. The fourth-order valence-electron chi connectivity index (χ4n) is 3.16. The molecule has 1 fully saturated rings. The van der Waals surface area contributed by atoms with Crippen molar-refractivity contribution in [2.24, 2.45) is 0 Å². The Morgan fingerprint density at radius 2 is 1.94 bits per heavy atom. The van der Waals surface area contributed by atoms with Gasteiger partial charge in [-0.25, -0.2) is 0 Å². The number of thiophene rings is 1. The summed E-state index contributed by atoms with van der Waals surface area (Å²) < 4.78 is 0. The lowest BCUT2D eigenvalue weighted by Gasteiger charge is -2.46. The number of rotatable bonds is 3. The molecule has 1 aliphatic heterocycles. The molecular weight excluding hydrogens is 264 g/mol. The fraction of sp³-hybridized carbons (Fsp3) is 0.714. The normalized spacial score (nSPS) is 23.2. The Hall–Kier alpha value is -0.0900. The van der Waals surface area contributed by atoms with E-state index in [1.807, 2.05) is 5.38 Å². The first-order valence-corrected chi connectivity index (χ1v) is 7.77. The van der Waals surface area contributed by atoms with E-state index in [4.69, 9.17) is 11.6 Å². The first kappa shape index (κ1) is 14.3. The lowest BCUT2D eigenvalue weighted by molar-refractivity contribution is 0.146. The molecular formula is C14H23ClN2S. The smallest absolute Gasteiger partial charge is 0.0516 e. The van der Waals surface area contributed by atoms with Crippen molar-refractivity contribution in [1.29, 1.82) is 0 Å². The van der Waals surface area contributed by atoms with Gasteiger partial charge in [-0.05, 0) is 46.6 Å². The highest BCUT2D eigenvalue weighted by Gasteiger charge is 2.37. The quantitative estimate of drug-likeness (QED) is 0.883. The third-order valence-corrected chi connectivity index (χ3v) is 4.66. The number of hydrogen-bond donors (Lipinski definition) is 2. The summed E-state index contributed by atoms with van der Waals surface area (Å²) in [7, 11) is 0. The minimum atomic E-state index is 0.201. The van der Waals surface area contributed by atoms with Crippen LogP contribution in [0.25, 0.3) is 0 Å². The van der Waals surface area contributed by atoms with E-state index >= 15 is 0 Å². The van der Waals surface area contributed by atoms with Gasteiger partial charge < -0.3 is 10.6 Å². The molecule has 2 heterocycles. The van der Waals surface area contributed by atoms with Crippen LogP contribution in [0.5, 0.6) is 0 Å². The van der Waals surface area contributed by atoms with Crippen LogP contribution in [-0.4, -0.2) is 17.1 Å². The lowest BCUT2D eigenvalue weighted by Crippen LogP contribution is -2.61. The van der Waals surface area contributed by atoms with Crippen molar-refractivity contribution in [2.45, 2.75) is 64.2 Å². The van der Waals surface area contributed by atoms with Gasteiger partial charge in [-0.3, -0.25) is 0 Å². The number of hydrogen-bond acceptors (Lipinski definition) is 3. The molecule has 1 aromatic rings. The minimum absolute atomic E-state index is 0.201. The summed E-state index contributed by atoms with van der Waals surface area (Å²) in [4.78, 5) is 1.31. The van der Waals surface area contributed by atoms with Crippen LogP contribution in [0.2, 0.25) is 5.02 Å². The van der Waals surface area contributed by atoms with Crippen molar-refractivity contribution >= 4 is 22.9 Å². The molecule has 0 amide bonds. The SMILES string of the molecule is CC1(C)CC(NCc2cc(Cl)cs2)CC(C)(C)N1. The van der Waals surface area contributed by atoms with Gasteiger partial charge in [0.1, 0.15) is 0 Å². The maximum atomic E-state index is 5.95. The molecule has 2 N–H and O–H groups in total. The maximum absolute atomic E-state index is 5.95. The average molecular weight is 287 g/mol. The molecule has 2 nitrogen and oxygen atoms in total. The van der Waals surface area contributed by atoms with E-state index < -0.39 is 0 Å². The maximum Gasteiger partial charge on any atom is 0.0516 e. The topological polar surface area (TPSA) is 24.1 Å². The molecule has 1 aromatic heterocycles. The number of halogens is 1. The first-order chi connectivity index (χ1) is 8.26. The highest BCUT2D eigenvalue weighted by Crippen LogP contribution is 2.29. The monoisotopic (exact) mass is 286 g/mol. The van der Waals surface area contributed by atoms with Crippen molar-refractivity contribution in [3.8, 4) is 0 Å². The third-order valence-electron chi connectivity index (χ3n) is 3.38. The largest absolute Gasteiger partial charge is 0.309 e. The third kappa shape index (κ3) is 3.95. The molecule has 0 bridgehead atoms. The van der Waals surface area contributed by atoms with Crippen LogP contribution in [0, 0.1) is 0 Å². The number of nitrogens with one attached hydrogen (secondary N) is 2. The summed E-state index contributed by atoms with van der Waals surface area (Å²) >= 11 is 7.67. The van der Waals surface area contributed by atoms with E-state index in [2.05, 4.69) is 44.4 Å². The molecule has 0 atom stereocenters. The predicted octanol–water partition coefficient (Wildman–Crippen LogP) is 3.80. The fourth-order valence-corrected chi connectivity index (χ4v) is 4.18. The summed E-state index contributed by atoms with van der Waals surface area (Å²) in [6.45, 7) is 10.1. The zero-order valence-corrected chi connectivity index (χ0v) is 13.2. The Bertz CT molecular complexity index is 396. The Morgan fingerprint density at radius 1 is 1.33 bits per heavy atom. The average Bonchev–Trinajstić information content (AvgIpc) is 2.56. The Kier molecular flexibility index (Phi) is 4.07. The van der Waals surface area contributed by atoms with Crippen molar-refractivity contribution < 1.29 is 0 Å². The Balaban J connectivity index is 1.93. The van der Waals surface area contributed by atoms with Gasteiger partial charge in [0.2, 0.25) is 0 Å². The van der Waals surface area contributed by atoms with Crippen molar-refractivity contribution in [3.05, 3.63) is 21.3 Å². The zero-order valence-electron chi connectivity index (χ0n) is 11.6. The molecule has 102 valence electrons. The first-order valence-electron chi connectivity index (χ1n) is 6.51.